The highest BCUT2D eigenvalue weighted by molar-refractivity contribution is 5.56. The van der Waals surface area contributed by atoms with Gasteiger partial charge < -0.3 is 9.80 Å². The van der Waals surface area contributed by atoms with Crippen molar-refractivity contribution in [3.05, 3.63) is 24.3 Å². The fourth-order valence-corrected chi connectivity index (χ4v) is 2.28. The minimum Gasteiger partial charge on any atom is -0.339 e. The second-order valence-corrected chi connectivity index (χ2v) is 4.62. The highest BCUT2D eigenvalue weighted by Gasteiger charge is 2.18. The Kier molecular flexibility index (Phi) is 2.48. The van der Waals surface area contributed by atoms with Gasteiger partial charge in [-0.05, 0) is 14.0 Å². The van der Waals surface area contributed by atoms with Crippen LogP contribution in [-0.2, 0) is 0 Å². The molecule has 17 heavy (non-hydrogen) atoms. The third-order valence-electron chi connectivity index (χ3n) is 3.42. The molecule has 2 aromatic rings. The average Bonchev–Trinajstić information content (AvgIpc) is 2.75. The van der Waals surface area contributed by atoms with Crippen LogP contribution in [0.3, 0.4) is 0 Å². The van der Waals surface area contributed by atoms with Gasteiger partial charge in [0.2, 0.25) is 5.95 Å². The van der Waals surface area contributed by atoms with Crippen LogP contribution in [-0.4, -0.2) is 52.5 Å². The molecule has 3 rings (SSSR count). The van der Waals surface area contributed by atoms with E-state index in [4.69, 9.17) is 0 Å². The summed E-state index contributed by atoms with van der Waals surface area (Å²) in [5.41, 5.74) is 2.13. The van der Waals surface area contributed by atoms with Gasteiger partial charge in [-0.1, -0.05) is 0 Å². The van der Waals surface area contributed by atoms with Crippen molar-refractivity contribution < 1.29 is 0 Å². The van der Waals surface area contributed by atoms with Crippen LogP contribution in [0.15, 0.2) is 18.6 Å². The molecule has 0 amide bonds. The van der Waals surface area contributed by atoms with Gasteiger partial charge in [0.1, 0.15) is 0 Å². The minimum atomic E-state index is 1.03. The van der Waals surface area contributed by atoms with Crippen LogP contribution in [0.1, 0.15) is 5.69 Å². The van der Waals surface area contributed by atoms with Crippen molar-refractivity contribution in [2.45, 2.75) is 6.92 Å². The lowest BCUT2D eigenvalue weighted by atomic mass is 10.3. The Morgan fingerprint density at radius 2 is 1.88 bits per heavy atom. The molecule has 0 aliphatic carbocycles. The number of nitrogens with zero attached hydrogens (tertiary/aromatic N) is 5. The van der Waals surface area contributed by atoms with E-state index in [1.54, 1.807) is 0 Å². The quantitative estimate of drug-likeness (QED) is 0.727. The monoisotopic (exact) mass is 231 g/mol. The van der Waals surface area contributed by atoms with Crippen molar-refractivity contribution in [3.63, 3.8) is 0 Å². The molecular weight excluding hydrogens is 214 g/mol. The van der Waals surface area contributed by atoms with Crippen LogP contribution >= 0.6 is 0 Å². The smallest absolute Gasteiger partial charge is 0.210 e. The van der Waals surface area contributed by atoms with E-state index >= 15 is 0 Å². The number of fused-ring (bicyclic) bond motifs is 1. The molecule has 1 aliphatic heterocycles. The lowest BCUT2D eigenvalue weighted by Gasteiger charge is -2.32. The summed E-state index contributed by atoms with van der Waals surface area (Å²) in [4.78, 5) is 13.5. The molecule has 5 heteroatoms. The minimum absolute atomic E-state index is 1.03. The molecule has 0 aromatic carbocycles. The number of likely N-dealkylation sites (N-methyl/N-ethyl adjacent to an activating group) is 1. The first-order valence-corrected chi connectivity index (χ1v) is 5.98. The van der Waals surface area contributed by atoms with Crippen LogP contribution in [0.2, 0.25) is 0 Å². The molecule has 1 saturated heterocycles. The summed E-state index contributed by atoms with van der Waals surface area (Å²) >= 11 is 0. The van der Waals surface area contributed by atoms with Gasteiger partial charge in [-0.15, -0.1) is 0 Å². The molecule has 0 N–H and O–H groups in total. The summed E-state index contributed by atoms with van der Waals surface area (Å²) in [6, 6.07) is 0. The highest BCUT2D eigenvalue weighted by Crippen LogP contribution is 2.18. The van der Waals surface area contributed by atoms with Crippen molar-refractivity contribution in [1.29, 1.82) is 0 Å². The molecule has 90 valence electrons. The van der Waals surface area contributed by atoms with E-state index in [1.807, 2.05) is 25.5 Å². The second-order valence-electron chi connectivity index (χ2n) is 4.62. The topological polar surface area (TPSA) is 36.7 Å². The van der Waals surface area contributed by atoms with E-state index in [2.05, 4.69) is 31.2 Å². The summed E-state index contributed by atoms with van der Waals surface area (Å²) in [6.45, 7) is 6.29. The lowest BCUT2D eigenvalue weighted by molar-refractivity contribution is 0.311. The summed E-state index contributed by atoms with van der Waals surface area (Å²) in [6.07, 6.45) is 5.74. The van der Waals surface area contributed by atoms with Crippen LogP contribution in [0.5, 0.6) is 0 Å². The van der Waals surface area contributed by atoms with Crippen molar-refractivity contribution >= 4 is 11.5 Å². The normalized spacial score (nSPS) is 17.9. The maximum absolute atomic E-state index is 4.54. The molecule has 5 nitrogen and oxygen atoms in total. The number of aromatic nitrogens is 3. The number of hydrogen-bond donors (Lipinski definition) is 0. The van der Waals surface area contributed by atoms with Crippen molar-refractivity contribution in [1.82, 2.24) is 19.3 Å². The fourth-order valence-electron chi connectivity index (χ4n) is 2.28. The third kappa shape index (κ3) is 1.76. The molecular formula is C12H17N5. The van der Waals surface area contributed by atoms with E-state index < -0.39 is 0 Å². The van der Waals surface area contributed by atoms with Gasteiger partial charge in [-0.2, -0.15) is 0 Å². The standard InChI is InChI=1S/C12H17N5/c1-10-11-9-14-12(17(11)4-3-13-10)16-7-5-15(2)6-8-16/h3-4,9H,5-8H2,1-2H3. The van der Waals surface area contributed by atoms with Gasteiger partial charge in [-0.25, -0.2) is 4.98 Å². The molecule has 0 spiro atoms. The molecule has 1 fully saturated rings. The zero-order valence-electron chi connectivity index (χ0n) is 10.3. The first kappa shape index (κ1) is 10.5. The van der Waals surface area contributed by atoms with Crippen molar-refractivity contribution in [2.24, 2.45) is 0 Å². The average molecular weight is 231 g/mol. The highest BCUT2D eigenvalue weighted by atomic mass is 15.3. The number of piperazine rings is 1. The Morgan fingerprint density at radius 1 is 1.12 bits per heavy atom. The Hall–Kier alpha value is -1.62. The molecule has 0 radical (unpaired) electrons. The molecule has 0 bridgehead atoms. The van der Waals surface area contributed by atoms with Gasteiger partial charge >= 0.3 is 0 Å². The zero-order valence-corrected chi connectivity index (χ0v) is 10.3. The van der Waals surface area contributed by atoms with Gasteiger partial charge in [0.05, 0.1) is 17.4 Å². The summed E-state index contributed by atoms with van der Waals surface area (Å²) in [5, 5.41) is 0. The fraction of sp³-hybridized carbons (Fsp3) is 0.500. The predicted octanol–water partition coefficient (Wildman–Crippen LogP) is 0.790. The number of imidazole rings is 1. The second kappa shape index (κ2) is 4.00. The van der Waals surface area contributed by atoms with Crippen molar-refractivity contribution in [3.8, 4) is 0 Å². The number of aryl methyl sites for hydroxylation is 1. The number of hydrogen-bond acceptors (Lipinski definition) is 4. The van der Waals surface area contributed by atoms with Crippen LogP contribution in [0.25, 0.3) is 5.52 Å². The summed E-state index contributed by atoms with van der Waals surface area (Å²) < 4.78 is 2.13. The molecule has 3 heterocycles. The van der Waals surface area contributed by atoms with E-state index in [1.165, 1.54) is 0 Å². The molecule has 2 aromatic heterocycles. The molecule has 1 aliphatic rings. The summed E-state index contributed by atoms with van der Waals surface area (Å²) in [5.74, 6) is 1.04. The zero-order chi connectivity index (χ0) is 11.8. The Morgan fingerprint density at radius 3 is 2.65 bits per heavy atom. The first-order chi connectivity index (χ1) is 8.25. The largest absolute Gasteiger partial charge is 0.339 e. The van der Waals surface area contributed by atoms with E-state index in [0.717, 1.165) is 43.3 Å². The van der Waals surface area contributed by atoms with Gasteiger partial charge in [0.25, 0.3) is 0 Å². The van der Waals surface area contributed by atoms with Gasteiger partial charge in [-0.3, -0.25) is 9.38 Å². The van der Waals surface area contributed by atoms with Gasteiger partial charge in [0, 0.05) is 38.6 Å². The lowest BCUT2D eigenvalue weighted by Crippen LogP contribution is -2.45. The SMILES string of the molecule is Cc1nccn2c(N3CCN(C)CC3)ncc12. The Labute approximate surface area is 101 Å². The Balaban J connectivity index is 1.98. The number of anilines is 1. The van der Waals surface area contributed by atoms with Gasteiger partial charge in [0.15, 0.2) is 0 Å². The van der Waals surface area contributed by atoms with Crippen LogP contribution in [0.4, 0.5) is 5.95 Å². The third-order valence-corrected chi connectivity index (χ3v) is 3.42. The maximum Gasteiger partial charge on any atom is 0.210 e. The van der Waals surface area contributed by atoms with E-state index in [9.17, 15) is 0 Å². The molecule has 0 unspecified atom stereocenters. The summed E-state index contributed by atoms with van der Waals surface area (Å²) in [7, 11) is 2.16. The van der Waals surface area contributed by atoms with Crippen LogP contribution < -0.4 is 4.90 Å². The Bertz CT molecular complexity index is 525. The first-order valence-electron chi connectivity index (χ1n) is 5.98. The van der Waals surface area contributed by atoms with E-state index in [0.29, 0.717) is 0 Å². The number of rotatable bonds is 1. The maximum atomic E-state index is 4.54. The van der Waals surface area contributed by atoms with E-state index in [-0.39, 0.29) is 0 Å². The van der Waals surface area contributed by atoms with Crippen molar-refractivity contribution in [2.75, 3.05) is 38.1 Å². The molecule has 0 atom stereocenters. The van der Waals surface area contributed by atoms with Crippen LogP contribution in [0, 0.1) is 6.92 Å². The molecule has 0 saturated carbocycles. The predicted molar refractivity (Wildman–Crippen MR) is 67.4 cm³/mol.